The van der Waals surface area contributed by atoms with Crippen molar-refractivity contribution in [2.24, 2.45) is 5.92 Å². The summed E-state index contributed by atoms with van der Waals surface area (Å²) in [5.74, 6) is -1.16. The Morgan fingerprint density at radius 3 is 2.36 bits per heavy atom. The van der Waals surface area contributed by atoms with Crippen molar-refractivity contribution >= 4 is 11.9 Å². The van der Waals surface area contributed by atoms with Gasteiger partial charge in [0.15, 0.2) is 0 Å². The summed E-state index contributed by atoms with van der Waals surface area (Å²) in [5, 5.41) is 10.7. The molecule has 0 aromatic carbocycles. The lowest BCUT2D eigenvalue weighted by atomic mass is 10.2. The summed E-state index contributed by atoms with van der Waals surface area (Å²) in [4.78, 5) is 20.7. The lowest BCUT2D eigenvalue weighted by Crippen LogP contribution is -2.28. The van der Waals surface area contributed by atoms with Gasteiger partial charge < -0.3 is 10.4 Å². The van der Waals surface area contributed by atoms with Crippen LogP contribution in [0.25, 0.3) is 0 Å². The molecule has 0 saturated heterocycles. The number of carboxylic acids is 1. The van der Waals surface area contributed by atoms with Crippen molar-refractivity contribution in [2.45, 2.75) is 20.3 Å². The zero-order valence-electron chi connectivity index (χ0n) is 6.76. The van der Waals surface area contributed by atoms with E-state index in [2.05, 4.69) is 5.32 Å². The van der Waals surface area contributed by atoms with Gasteiger partial charge in [0.25, 0.3) is 0 Å². The second-order valence-electron chi connectivity index (χ2n) is 2.77. The van der Waals surface area contributed by atoms with E-state index in [0.29, 0.717) is 12.5 Å². The molecular weight excluding hydrogens is 146 g/mol. The van der Waals surface area contributed by atoms with Crippen molar-refractivity contribution in [3.63, 3.8) is 0 Å². The average molecular weight is 159 g/mol. The Kier molecular flexibility index (Phi) is 4.26. The Balaban J connectivity index is 3.46. The summed E-state index contributed by atoms with van der Waals surface area (Å²) >= 11 is 0. The van der Waals surface area contributed by atoms with Gasteiger partial charge in [0.05, 0.1) is 0 Å². The van der Waals surface area contributed by atoms with Gasteiger partial charge in [-0.15, -0.1) is 0 Å². The van der Waals surface area contributed by atoms with Crippen LogP contribution in [0.15, 0.2) is 0 Å². The molecule has 64 valence electrons. The van der Waals surface area contributed by atoms with E-state index < -0.39 is 18.3 Å². The third-order valence-electron chi connectivity index (χ3n) is 1.02. The van der Waals surface area contributed by atoms with Gasteiger partial charge >= 0.3 is 5.97 Å². The third-order valence-corrected chi connectivity index (χ3v) is 1.02. The van der Waals surface area contributed by atoms with Gasteiger partial charge in [0.1, 0.15) is 6.42 Å². The SMILES string of the molecule is CC(C)CNC(=O)CC(=O)O. The van der Waals surface area contributed by atoms with Gasteiger partial charge in [-0.1, -0.05) is 13.8 Å². The maximum absolute atomic E-state index is 10.7. The molecule has 0 aromatic heterocycles. The average Bonchev–Trinajstić information content (AvgIpc) is 1.82. The van der Waals surface area contributed by atoms with Crippen LogP contribution in [0.3, 0.4) is 0 Å². The number of carbonyl (C=O) groups is 2. The number of aliphatic carboxylic acids is 1. The van der Waals surface area contributed by atoms with Crippen LogP contribution in [0.4, 0.5) is 0 Å². The van der Waals surface area contributed by atoms with Crippen LogP contribution in [0.2, 0.25) is 0 Å². The van der Waals surface area contributed by atoms with Gasteiger partial charge in [-0.3, -0.25) is 9.59 Å². The van der Waals surface area contributed by atoms with Crippen LogP contribution in [0.1, 0.15) is 20.3 Å². The van der Waals surface area contributed by atoms with E-state index in [4.69, 9.17) is 5.11 Å². The molecular formula is C7H13NO3. The van der Waals surface area contributed by atoms with E-state index in [1.807, 2.05) is 13.8 Å². The van der Waals surface area contributed by atoms with E-state index in [1.54, 1.807) is 0 Å². The largest absolute Gasteiger partial charge is 0.481 e. The first-order chi connectivity index (χ1) is 5.02. The number of hydrogen-bond donors (Lipinski definition) is 2. The Morgan fingerprint density at radius 2 is 2.00 bits per heavy atom. The third kappa shape index (κ3) is 6.83. The molecule has 0 aliphatic rings. The molecule has 0 saturated carbocycles. The minimum Gasteiger partial charge on any atom is -0.481 e. The fraction of sp³-hybridized carbons (Fsp3) is 0.714. The number of rotatable bonds is 4. The molecule has 0 heterocycles. The summed E-state index contributed by atoms with van der Waals surface area (Å²) < 4.78 is 0. The highest BCUT2D eigenvalue weighted by Gasteiger charge is 2.06. The summed E-state index contributed by atoms with van der Waals surface area (Å²) in [6.45, 7) is 4.42. The molecule has 4 nitrogen and oxygen atoms in total. The highest BCUT2D eigenvalue weighted by atomic mass is 16.4. The summed E-state index contributed by atoms with van der Waals surface area (Å²) in [7, 11) is 0. The normalized spacial score (nSPS) is 9.73. The highest BCUT2D eigenvalue weighted by molar-refractivity contribution is 5.93. The van der Waals surface area contributed by atoms with Gasteiger partial charge in [-0.25, -0.2) is 0 Å². The maximum atomic E-state index is 10.7. The predicted octanol–water partition coefficient (Wildman–Crippen LogP) is 0.233. The second-order valence-corrected chi connectivity index (χ2v) is 2.77. The lowest BCUT2D eigenvalue weighted by Gasteiger charge is -2.04. The zero-order valence-corrected chi connectivity index (χ0v) is 6.76. The first kappa shape index (κ1) is 9.94. The standard InChI is InChI=1S/C7H13NO3/c1-5(2)4-8-6(9)3-7(10)11/h5H,3-4H2,1-2H3,(H,8,9)(H,10,11). The minimum absolute atomic E-state index is 0.354. The minimum atomic E-state index is -1.09. The van der Waals surface area contributed by atoms with Gasteiger partial charge in [0, 0.05) is 6.54 Å². The molecule has 0 bridgehead atoms. The molecule has 0 aliphatic carbocycles. The summed E-state index contributed by atoms with van der Waals surface area (Å²) in [6, 6.07) is 0. The Labute approximate surface area is 65.6 Å². The van der Waals surface area contributed by atoms with Gasteiger partial charge in [0.2, 0.25) is 5.91 Å². The van der Waals surface area contributed by atoms with Crippen molar-refractivity contribution < 1.29 is 14.7 Å². The van der Waals surface area contributed by atoms with E-state index in [-0.39, 0.29) is 0 Å². The van der Waals surface area contributed by atoms with Gasteiger partial charge in [-0.05, 0) is 5.92 Å². The summed E-state index contributed by atoms with van der Waals surface area (Å²) in [6.07, 6.45) is -0.438. The molecule has 1 amide bonds. The van der Waals surface area contributed by atoms with Crippen LogP contribution < -0.4 is 5.32 Å². The summed E-state index contributed by atoms with van der Waals surface area (Å²) in [5.41, 5.74) is 0. The van der Waals surface area contributed by atoms with Crippen molar-refractivity contribution in [3.05, 3.63) is 0 Å². The monoisotopic (exact) mass is 159 g/mol. The molecule has 0 aliphatic heterocycles. The number of carbonyl (C=O) groups excluding carboxylic acids is 1. The van der Waals surface area contributed by atoms with Crippen LogP contribution in [-0.4, -0.2) is 23.5 Å². The van der Waals surface area contributed by atoms with Gasteiger partial charge in [-0.2, -0.15) is 0 Å². The molecule has 0 unspecified atom stereocenters. The Morgan fingerprint density at radius 1 is 1.45 bits per heavy atom. The quantitative estimate of drug-likeness (QED) is 0.577. The van der Waals surface area contributed by atoms with Crippen LogP contribution in [-0.2, 0) is 9.59 Å². The fourth-order valence-electron chi connectivity index (χ4n) is 0.518. The maximum Gasteiger partial charge on any atom is 0.312 e. The zero-order chi connectivity index (χ0) is 8.85. The molecule has 4 heteroatoms. The van der Waals surface area contributed by atoms with E-state index in [1.165, 1.54) is 0 Å². The molecule has 2 N–H and O–H groups in total. The van der Waals surface area contributed by atoms with E-state index in [9.17, 15) is 9.59 Å². The fourth-order valence-corrected chi connectivity index (χ4v) is 0.518. The van der Waals surface area contributed by atoms with Crippen molar-refractivity contribution in [1.29, 1.82) is 0 Å². The highest BCUT2D eigenvalue weighted by Crippen LogP contribution is 1.88. The number of carboxylic acid groups (broad SMARTS) is 1. The van der Waals surface area contributed by atoms with Crippen molar-refractivity contribution in [3.8, 4) is 0 Å². The van der Waals surface area contributed by atoms with Crippen LogP contribution in [0, 0.1) is 5.92 Å². The topological polar surface area (TPSA) is 66.4 Å². The second kappa shape index (κ2) is 4.71. The molecule has 11 heavy (non-hydrogen) atoms. The Hall–Kier alpha value is -1.06. The molecule has 0 fully saturated rings. The molecule has 0 rings (SSSR count). The lowest BCUT2D eigenvalue weighted by molar-refractivity contribution is -0.140. The molecule has 0 atom stereocenters. The van der Waals surface area contributed by atoms with E-state index >= 15 is 0 Å². The molecule has 0 spiro atoms. The van der Waals surface area contributed by atoms with Crippen molar-refractivity contribution in [1.82, 2.24) is 5.32 Å². The van der Waals surface area contributed by atoms with Crippen molar-refractivity contribution in [2.75, 3.05) is 6.54 Å². The first-order valence-electron chi connectivity index (χ1n) is 3.51. The smallest absolute Gasteiger partial charge is 0.312 e. The predicted molar refractivity (Wildman–Crippen MR) is 40.1 cm³/mol. The van der Waals surface area contributed by atoms with Crippen LogP contribution >= 0.6 is 0 Å². The number of hydrogen-bond acceptors (Lipinski definition) is 2. The Bertz CT molecular complexity index is 154. The number of nitrogens with one attached hydrogen (secondary N) is 1. The molecule has 0 aromatic rings. The number of amides is 1. The van der Waals surface area contributed by atoms with E-state index in [0.717, 1.165) is 0 Å². The van der Waals surface area contributed by atoms with Crippen LogP contribution in [0.5, 0.6) is 0 Å². The first-order valence-corrected chi connectivity index (χ1v) is 3.51. The molecule has 0 radical (unpaired) electrons.